The van der Waals surface area contributed by atoms with E-state index in [1.165, 1.54) is 6.20 Å². The van der Waals surface area contributed by atoms with Crippen LogP contribution in [0.25, 0.3) is 5.69 Å². The first-order valence-corrected chi connectivity index (χ1v) is 4.70. The smallest absolute Gasteiger partial charge is 0.158 e. The van der Waals surface area contributed by atoms with E-state index in [-0.39, 0.29) is 12.4 Å². The Morgan fingerprint density at radius 3 is 3.12 bits per heavy atom. The highest BCUT2D eigenvalue weighted by atomic mass is 16.5. The molecule has 0 amide bonds. The summed E-state index contributed by atoms with van der Waals surface area (Å²) in [6, 6.07) is 6.68. The van der Waals surface area contributed by atoms with Gasteiger partial charge in [0.15, 0.2) is 12.0 Å². The number of phenolic OH excluding ortho intramolecular Hbond substituents is 1. The van der Waals surface area contributed by atoms with E-state index in [0.29, 0.717) is 12.0 Å². The summed E-state index contributed by atoms with van der Waals surface area (Å²) in [4.78, 5) is 10.1. The van der Waals surface area contributed by atoms with Crippen molar-refractivity contribution in [2.24, 2.45) is 0 Å². The average Bonchev–Trinajstić information content (AvgIpc) is 2.75. The van der Waals surface area contributed by atoms with Crippen LogP contribution in [0.15, 0.2) is 36.7 Å². The predicted molar refractivity (Wildman–Crippen MR) is 56.8 cm³/mol. The number of aldehydes is 1. The Kier molecular flexibility index (Phi) is 2.86. The van der Waals surface area contributed by atoms with Gasteiger partial charge in [-0.1, -0.05) is 6.07 Å². The normalized spacial score (nSPS) is 10.0. The summed E-state index contributed by atoms with van der Waals surface area (Å²) in [7, 11) is 0. The zero-order chi connectivity index (χ0) is 11.4. The summed E-state index contributed by atoms with van der Waals surface area (Å²) >= 11 is 0. The van der Waals surface area contributed by atoms with Crippen LogP contribution in [0.1, 0.15) is 0 Å². The van der Waals surface area contributed by atoms with Crippen molar-refractivity contribution in [2.45, 2.75) is 0 Å². The van der Waals surface area contributed by atoms with Gasteiger partial charge in [0.1, 0.15) is 12.4 Å². The number of ether oxygens (including phenoxy) is 1. The van der Waals surface area contributed by atoms with Crippen LogP contribution in [0.2, 0.25) is 0 Å². The Hall–Kier alpha value is -2.30. The van der Waals surface area contributed by atoms with Crippen LogP contribution in [-0.4, -0.2) is 27.8 Å². The standard InChI is InChI=1S/C11H10N2O3/c14-4-5-16-11-7-12-13(8-11)9-2-1-3-10(15)6-9/h1-4,6-8,15H,5H2. The number of hydrogen-bond acceptors (Lipinski definition) is 4. The summed E-state index contributed by atoms with van der Waals surface area (Å²) in [6.45, 7) is 0.00569. The van der Waals surface area contributed by atoms with E-state index in [0.717, 1.165) is 5.69 Å². The van der Waals surface area contributed by atoms with Gasteiger partial charge in [-0.15, -0.1) is 0 Å². The molecule has 0 saturated carbocycles. The van der Waals surface area contributed by atoms with E-state index in [9.17, 15) is 9.90 Å². The van der Waals surface area contributed by atoms with Gasteiger partial charge < -0.3 is 9.84 Å². The summed E-state index contributed by atoms with van der Waals surface area (Å²) < 4.78 is 6.63. The molecular formula is C11H10N2O3. The second-order valence-corrected chi connectivity index (χ2v) is 3.12. The maximum Gasteiger partial charge on any atom is 0.158 e. The molecule has 5 nitrogen and oxygen atoms in total. The van der Waals surface area contributed by atoms with Crippen molar-refractivity contribution in [3.05, 3.63) is 36.7 Å². The lowest BCUT2D eigenvalue weighted by Gasteiger charge is -2.00. The molecule has 0 unspecified atom stereocenters. The van der Waals surface area contributed by atoms with Gasteiger partial charge in [-0.3, -0.25) is 4.79 Å². The molecular weight excluding hydrogens is 208 g/mol. The number of nitrogens with zero attached hydrogens (tertiary/aromatic N) is 2. The molecule has 0 aliphatic rings. The molecule has 0 atom stereocenters. The third-order valence-electron chi connectivity index (χ3n) is 1.97. The van der Waals surface area contributed by atoms with Crippen LogP contribution < -0.4 is 4.74 Å². The number of carbonyl (C=O) groups excluding carboxylic acids is 1. The predicted octanol–water partition coefficient (Wildman–Crippen LogP) is 1.16. The second kappa shape index (κ2) is 4.48. The second-order valence-electron chi connectivity index (χ2n) is 3.12. The molecule has 2 aromatic rings. The fourth-order valence-electron chi connectivity index (χ4n) is 1.29. The number of hydrogen-bond donors (Lipinski definition) is 1. The van der Waals surface area contributed by atoms with Crippen molar-refractivity contribution in [2.75, 3.05) is 6.61 Å². The monoisotopic (exact) mass is 218 g/mol. The average molecular weight is 218 g/mol. The Morgan fingerprint density at radius 2 is 2.38 bits per heavy atom. The van der Waals surface area contributed by atoms with Gasteiger partial charge in [0.25, 0.3) is 0 Å². The maximum absolute atomic E-state index is 10.1. The van der Waals surface area contributed by atoms with Gasteiger partial charge in [0.05, 0.1) is 18.1 Å². The molecule has 1 N–H and O–H groups in total. The van der Waals surface area contributed by atoms with Crippen LogP contribution >= 0.6 is 0 Å². The Morgan fingerprint density at radius 1 is 1.50 bits per heavy atom. The van der Waals surface area contributed by atoms with E-state index < -0.39 is 0 Å². The van der Waals surface area contributed by atoms with Gasteiger partial charge in [-0.2, -0.15) is 5.10 Å². The molecule has 0 saturated heterocycles. The lowest BCUT2D eigenvalue weighted by atomic mass is 10.3. The molecule has 0 radical (unpaired) electrons. The lowest BCUT2D eigenvalue weighted by molar-refractivity contribution is -0.109. The van der Waals surface area contributed by atoms with Gasteiger partial charge >= 0.3 is 0 Å². The Labute approximate surface area is 91.9 Å². The number of carbonyl (C=O) groups is 1. The van der Waals surface area contributed by atoms with Crippen LogP contribution in [-0.2, 0) is 4.79 Å². The Balaban J connectivity index is 2.21. The van der Waals surface area contributed by atoms with E-state index in [1.54, 1.807) is 35.1 Å². The number of aromatic hydroxyl groups is 1. The molecule has 82 valence electrons. The third-order valence-corrected chi connectivity index (χ3v) is 1.97. The highest BCUT2D eigenvalue weighted by Crippen LogP contribution is 2.17. The molecule has 0 spiro atoms. The maximum atomic E-state index is 10.1. The molecule has 0 aliphatic carbocycles. The molecule has 2 rings (SSSR count). The first-order chi connectivity index (χ1) is 7.79. The molecule has 0 aliphatic heterocycles. The fourth-order valence-corrected chi connectivity index (χ4v) is 1.29. The largest absolute Gasteiger partial charge is 0.508 e. The van der Waals surface area contributed by atoms with Gasteiger partial charge in [0.2, 0.25) is 0 Å². The highest BCUT2D eigenvalue weighted by Gasteiger charge is 2.01. The first-order valence-electron chi connectivity index (χ1n) is 4.70. The van der Waals surface area contributed by atoms with Gasteiger partial charge in [0, 0.05) is 6.07 Å². The molecule has 1 heterocycles. The van der Waals surface area contributed by atoms with Crippen LogP contribution in [0, 0.1) is 0 Å². The number of aromatic nitrogens is 2. The quantitative estimate of drug-likeness (QED) is 0.782. The van der Waals surface area contributed by atoms with Crippen molar-refractivity contribution in [1.29, 1.82) is 0 Å². The zero-order valence-electron chi connectivity index (χ0n) is 8.41. The van der Waals surface area contributed by atoms with E-state index in [4.69, 9.17) is 4.74 Å². The minimum absolute atomic E-state index is 0.00569. The minimum atomic E-state index is 0.00569. The minimum Gasteiger partial charge on any atom is -0.508 e. The van der Waals surface area contributed by atoms with Crippen LogP contribution in [0.3, 0.4) is 0 Å². The van der Waals surface area contributed by atoms with Crippen molar-refractivity contribution in [3.8, 4) is 17.2 Å². The van der Waals surface area contributed by atoms with Crippen LogP contribution in [0.5, 0.6) is 11.5 Å². The summed E-state index contributed by atoms with van der Waals surface area (Å²) in [6.07, 6.45) is 3.82. The zero-order valence-corrected chi connectivity index (χ0v) is 8.41. The topological polar surface area (TPSA) is 64.3 Å². The third kappa shape index (κ3) is 2.20. The lowest BCUT2D eigenvalue weighted by Crippen LogP contribution is -1.96. The Bertz CT molecular complexity index is 493. The highest BCUT2D eigenvalue weighted by molar-refractivity contribution is 5.51. The summed E-state index contributed by atoms with van der Waals surface area (Å²) in [5.74, 6) is 0.679. The molecule has 5 heteroatoms. The van der Waals surface area contributed by atoms with Crippen LogP contribution in [0.4, 0.5) is 0 Å². The molecule has 0 bridgehead atoms. The van der Waals surface area contributed by atoms with E-state index in [2.05, 4.69) is 5.10 Å². The van der Waals surface area contributed by atoms with Crippen molar-refractivity contribution < 1.29 is 14.6 Å². The molecule has 0 fully saturated rings. The van der Waals surface area contributed by atoms with Gasteiger partial charge in [-0.05, 0) is 12.1 Å². The molecule has 1 aromatic heterocycles. The van der Waals surface area contributed by atoms with Crippen molar-refractivity contribution >= 4 is 6.29 Å². The number of benzene rings is 1. The van der Waals surface area contributed by atoms with Gasteiger partial charge in [-0.25, -0.2) is 4.68 Å². The van der Waals surface area contributed by atoms with Crippen molar-refractivity contribution in [1.82, 2.24) is 9.78 Å². The first kappa shape index (κ1) is 10.2. The number of phenols is 1. The summed E-state index contributed by atoms with van der Waals surface area (Å²) in [5.41, 5.74) is 0.723. The van der Waals surface area contributed by atoms with Crippen molar-refractivity contribution in [3.63, 3.8) is 0 Å². The summed E-state index contributed by atoms with van der Waals surface area (Å²) in [5, 5.41) is 13.3. The fraction of sp³-hybridized carbons (Fsp3) is 0.0909. The van der Waals surface area contributed by atoms with E-state index in [1.807, 2.05) is 0 Å². The molecule has 1 aromatic carbocycles. The molecule has 16 heavy (non-hydrogen) atoms. The number of rotatable bonds is 4. The van der Waals surface area contributed by atoms with E-state index >= 15 is 0 Å². The SMILES string of the molecule is O=CCOc1cnn(-c2cccc(O)c2)c1.